The molecule has 8 nitrogen and oxygen atoms in total. The predicted octanol–water partition coefficient (Wildman–Crippen LogP) is 1.89. The molecular formula is C18H20N2O6. The first-order valence-corrected chi connectivity index (χ1v) is 8.56. The molecule has 2 aliphatic heterocycles. The van der Waals surface area contributed by atoms with E-state index in [9.17, 15) is 4.79 Å². The largest absolute Gasteiger partial charge is 0.454 e. The maximum Gasteiger partial charge on any atom is 0.273 e. The molecule has 1 N–H and O–H groups in total. The number of benzene rings is 1. The number of amides is 1. The Bertz CT molecular complexity index is 769. The number of nitrogens with one attached hydrogen (secondary N) is 1. The zero-order valence-electron chi connectivity index (χ0n) is 14.2. The van der Waals surface area contributed by atoms with Crippen molar-refractivity contribution < 1.29 is 28.3 Å². The summed E-state index contributed by atoms with van der Waals surface area (Å²) in [5.41, 5.74) is 1.22. The van der Waals surface area contributed by atoms with Gasteiger partial charge in [-0.25, -0.2) is 0 Å². The van der Waals surface area contributed by atoms with Crippen molar-refractivity contribution in [1.29, 1.82) is 0 Å². The van der Waals surface area contributed by atoms with Gasteiger partial charge < -0.3 is 28.8 Å². The van der Waals surface area contributed by atoms with Gasteiger partial charge in [0, 0.05) is 25.1 Å². The van der Waals surface area contributed by atoms with Crippen molar-refractivity contribution in [2.75, 3.05) is 26.6 Å². The SMILES string of the molecule is O=C(NCC1CCOC1)c1cc(COCc2ccc3c(c2)OCO3)on1. The van der Waals surface area contributed by atoms with E-state index in [1.165, 1.54) is 0 Å². The highest BCUT2D eigenvalue weighted by molar-refractivity contribution is 5.92. The molecule has 4 rings (SSSR count). The van der Waals surface area contributed by atoms with Crippen LogP contribution in [-0.4, -0.2) is 37.6 Å². The minimum Gasteiger partial charge on any atom is -0.454 e. The van der Waals surface area contributed by atoms with Crippen LogP contribution in [0.25, 0.3) is 0 Å². The number of hydrogen-bond donors (Lipinski definition) is 1. The van der Waals surface area contributed by atoms with Gasteiger partial charge >= 0.3 is 0 Å². The number of ether oxygens (including phenoxy) is 4. The smallest absolute Gasteiger partial charge is 0.273 e. The van der Waals surface area contributed by atoms with Crippen LogP contribution >= 0.6 is 0 Å². The maximum atomic E-state index is 12.1. The Hall–Kier alpha value is -2.58. The maximum absolute atomic E-state index is 12.1. The van der Waals surface area contributed by atoms with Gasteiger partial charge in [-0.3, -0.25) is 4.79 Å². The first kappa shape index (κ1) is 16.9. The van der Waals surface area contributed by atoms with E-state index in [0.29, 0.717) is 31.4 Å². The van der Waals surface area contributed by atoms with Gasteiger partial charge in [0.05, 0.1) is 13.2 Å². The zero-order valence-corrected chi connectivity index (χ0v) is 14.2. The summed E-state index contributed by atoms with van der Waals surface area (Å²) in [4.78, 5) is 12.1. The fraction of sp³-hybridized carbons (Fsp3) is 0.444. The van der Waals surface area contributed by atoms with Gasteiger partial charge in [0.1, 0.15) is 6.61 Å². The first-order valence-electron chi connectivity index (χ1n) is 8.56. The Balaban J connectivity index is 1.23. The molecule has 0 spiro atoms. The highest BCUT2D eigenvalue weighted by Gasteiger charge is 2.18. The molecule has 1 amide bonds. The minimum absolute atomic E-state index is 0.227. The quantitative estimate of drug-likeness (QED) is 0.806. The van der Waals surface area contributed by atoms with Gasteiger partial charge in [0.25, 0.3) is 5.91 Å². The zero-order chi connectivity index (χ0) is 17.8. The highest BCUT2D eigenvalue weighted by Crippen LogP contribution is 2.32. The molecule has 138 valence electrons. The fourth-order valence-electron chi connectivity index (χ4n) is 2.86. The van der Waals surface area contributed by atoms with E-state index in [2.05, 4.69) is 10.5 Å². The van der Waals surface area contributed by atoms with Crippen LogP contribution < -0.4 is 14.8 Å². The third kappa shape index (κ3) is 3.97. The molecule has 3 heterocycles. The molecule has 1 atom stereocenters. The van der Waals surface area contributed by atoms with Crippen LogP contribution in [0.3, 0.4) is 0 Å². The molecule has 1 aromatic heterocycles. The third-order valence-corrected chi connectivity index (χ3v) is 4.32. The van der Waals surface area contributed by atoms with Crippen LogP contribution in [0.5, 0.6) is 11.5 Å². The number of nitrogens with zero attached hydrogens (tertiary/aromatic N) is 1. The van der Waals surface area contributed by atoms with Gasteiger partial charge in [-0.1, -0.05) is 11.2 Å². The standard InChI is InChI=1S/C18H20N2O6/c21-18(19-7-13-3-4-22-9-13)15-6-14(26-20-15)10-23-8-12-1-2-16-17(5-12)25-11-24-16/h1-2,5-6,13H,3-4,7-11H2,(H,19,21). The predicted molar refractivity (Wildman–Crippen MR) is 88.8 cm³/mol. The molecule has 1 unspecified atom stereocenters. The van der Waals surface area contributed by atoms with Crippen molar-refractivity contribution in [3.05, 3.63) is 41.3 Å². The molecule has 2 aromatic rings. The van der Waals surface area contributed by atoms with E-state index >= 15 is 0 Å². The molecule has 1 fully saturated rings. The first-order chi connectivity index (χ1) is 12.8. The molecule has 0 saturated carbocycles. The highest BCUT2D eigenvalue weighted by atomic mass is 16.7. The Morgan fingerprint density at radius 3 is 3.04 bits per heavy atom. The Morgan fingerprint density at radius 1 is 1.23 bits per heavy atom. The van der Waals surface area contributed by atoms with E-state index in [0.717, 1.165) is 30.1 Å². The van der Waals surface area contributed by atoms with Gasteiger partial charge in [0.15, 0.2) is 23.0 Å². The van der Waals surface area contributed by atoms with Crippen molar-refractivity contribution in [3.8, 4) is 11.5 Å². The second-order valence-corrected chi connectivity index (χ2v) is 6.30. The molecule has 0 aliphatic carbocycles. The molecule has 1 aromatic carbocycles. The molecule has 0 radical (unpaired) electrons. The minimum atomic E-state index is -0.248. The lowest BCUT2D eigenvalue weighted by Gasteiger charge is -2.07. The molecule has 2 aliphatic rings. The van der Waals surface area contributed by atoms with Gasteiger partial charge in [-0.2, -0.15) is 0 Å². The number of rotatable bonds is 7. The van der Waals surface area contributed by atoms with Crippen LogP contribution in [0.1, 0.15) is 28.2 Å². The number of hydrogen-bond acceptors (Lipinski definition) is 7. The second kappa shape index (κ2) is 7.76. The van der Waals surface area contributed by atoms with Gasteiger partial charge in [0.2, 0.25) is 6.79 Å². The van der Waals surface area contributed by atoms with Crippen LogP contribution in [-0.2, 0) is 22.7 Å². The number of carbonyl (C=O) groups excluding carboxylic acids is 1. The normalized spacial score (nSPS) is 18.2. The number of carbonyl (C=O) groups is 1. The lowest BCUT2D eigenvalue weighted by atomic mass is 10.1. The van der Waals surface area contributed by atoms with E-state index in [4.69, 9.17) is 23.5 Å². The van der Waals surface area contributed by atoms with Gasteiger partial charge in [-0.05, 0) is 24.1 Å². The van der Waals surface area contributed by atoms with E-state index in [1.54, 1.807) is 6.07 Å². The Kier molecular flexibility index (Phi) is 5.03. The van der Waals surface area contributed by atoms with Crippen molar-refractivity contribution in [1.82, 2.24) is 10.5 Å². The summed E-state index contributed by atoms with van der Waals surface area (Å²) < 4.78 is 26.7. The van der Waals surface area contributed by atoms with Crippen LogP contribution in [0, 0.1) is 5.92 Å². The van der Waals surface area contributed by atoms with E-state index in [-0.39, 0.29) is 25.0 Å². The summed E-state index contributed by atoms with van der Waals surface area (Å²) in [5, 5.41) is 6.65. The summed E-state index contributed by atoms with van der Waals surface area (Å²) in [6.45, 7) is 2.90. The summed E-state index contributed by atoms with van der Waals surface area (Å²) >= 11 is 0. The van der Waals surface area contributed by atoms with E-state index in [1.807, 2.05) is 18.2 Å². The third-order valence-electron chi connectivity index (χ3n) is 4.32. The fourth-order valence-corrected chi connectivity index (χ4v) is 2.86. The summed E-state index contributed by atoms with van der Waals surface area (Å²) in [5.74, 6) is 2.08. The number of aromatic nitrogens is 1. The topological polar surface area (TPSA) is 92.1 Å². The number of fused-ring (bicyclic) bond motifs is 1. The summed E-state index contributed by atoms with van der Waals surface area (Å²) in [6.07, 6.45) is 0.970. The molecule has 0 bridgehead atoms. The molecule has 1 saturated heterocycles. The lowest BCUT2D eigenvalue weighted by molar-refractivity contribution is 0.0876. The van der Waals surface area contributed by atoms with Crippen molar-refractivity contribution >= 4 is 5.91 Å². The van der Waals surface area contributed by atoms with Crippen molar-refractivity contribution in [2.45, 2.75) is 19.6 Å². The molecule has 8 heteroatoms. The van der Waals surface area contributed by atoms with Crippen molar-refractivity contribution in [2.24, 2.45) is 5.92 Å². The lowest BCUT2D eigenvalue weighted by Crippen LogP contribution is -2.29. The average Bonchev–Trinajstić information content (AvgIpc) is 3.40. The second-order valence-electron chi connectivity index (χ2n) is 6.30. The Morgan fingerprint density at radius 2 is 2.15 bits per heavy atom. The Labute approximate surface area is 150 Å². The average molecular weight is 360 g/mol. The summed E-state index contributed by atoms with van der Waals surface area (Å²) in [7, 11) is 0. The molecule has 26 heavy (non-hydrogen) atoms. The van der Waals surface area contributed by atoms with Crippen molar-refractivity contribution in [3.63, 3.8) is 0 Å². The van der Waals surface area contributed by atoms with Crippen LogP contribution in [0.15, 0.2) is 28.8 Å². The van der Waals surface area contributed by atoms with Gasteiger partial charge in [-0.15, -0.1) is 0 Å². The van der Waals surface area contributed by atoms with Crippen LogP contribution in [0.4, 0.5) is 0 Å². The monoisotopic (exact) mass is 360 g/mol. The molecular weight excluding hydrogens is 340 g/mol. The van der Waals surface area contributed by atoms with Crippen LogP contribution in [0.2, 0.25) is 0 Å². The summed E-state index contributed by atoms with van der Waals surface area (Å²) in [6, 6.07) is 7.25. The van der Waals surface area contributed by atoms with E-state index < -0.39 is 0 Å².